The van der Waals surface area contributed by atoms with E-state index in [4.69, 9.17) is 16.7 Å². The summed E-state index contributed by atoms with van der Waals surface area (Å²) in [7, 11) is 1.00. The number of carbonyl (C=O) groups excluding carboxylic acids is 1. The zero-order chi connectivity index (χ0) is 17.4. The van der Waals surface area contributed by atoms with E-state index in [0.717, 1.165) is 37.9 Å². The molecule has 0 spiro atoms. The summed E-state index contributed by atoms with van der Waals surface area (Å²) >= 11 is 5.97. The van der Waals surface area contributed by atoms with Gasteiger partial charge in [0, 0.05) is 25.1 Å². The van der Waals surface area contributed by atoms with Gasteiger partial charge in [0.15, 0.2) is 0 Å². The zero-order valence-corrected chi connectivity index (χ0v) is 14.7. The summed E-state index contributed by atoms with van der Waals surface area (Å²) in [4.78, 5) is 14.4. The number of carbonyl (C=O) groups is 1. The van der Waals surface area contributed by atoms with Gasteiger partial charge in [0.05, 0.1) is 6.04 Å². The average Bonchev–Trinajstić information content (AvgIpc) is 2.64. The number of hydrogen-bond acceptors (Lipinski definition) is 2. The number of nitrogens with zero attached hydrogens (tertiary/aromatic N) is 1. The van der Waals surface area contributed by atoms with E-state index in [1.54, 1.807) is 0 Å². The Hall–Kier alpha value is -1.84. The first kappa shape index (κ1) is 18.5. The highest BCUT2D eigenvalue weighted by molar-refractivity contribution is 6.30. The molecule has 0 aliphatic carbocycles. The van der Waals surface area contributed by atoms with Gasteiger partial charge in [-0.25, -0.2) is 0 Å². The predicted octanol–water partition coefficient (Wildman–Crippen LogP) is 4.24. The van der Waals surface area contributed by atoms with Crippen LogP contribution in [0.4, 0.5) is 0 Å². The van der Waals surface area contributed by atoms with Crippen LogP contribution < -0.4 is 0 Å². The molecule has 1 saturated heterocycles. The Labute approximate surface area is 148 Å². The molecule has 0 aromatic heterocycles. The maximum Gasteiger partial charge on any atom is 0.223 e. The Balaban J connectivity index is 0.00000100. The van der Waals surface area contributed by atoms with Gasteiger partial charge >= 0.3 is 0 Å². The zero-order valence-electron chi connectivity index (χ0n) is 14.0. The first-order valence-corrected chi connectivity index (χ1v) is 8.65. The highest BCUT2D eigenvalue weighted by Crippen LogP contribution is 2.29. The lowest BCUT2D eigenvalue weighted by atomic mass is 9.95. The number of halogens is 1. The molecule has 1 amide bonds. The number of piperidine rings is 1. The lowest BCUT2D eigenvalue weighted by Gasteiger charge is -2.35. The second-order valence-corrected chi connectivity index (χ2v) is 6.24. The average molecular weight is 346 g/mol. The lowest BCUT2D eigenvalue weighted by molar-refractivity contribution is -0.136. The lowest BCUT2D eigenvalue weighted by Crippen LogP contribution is -2.39. The van der Waals surface area contributed by atoms with Crippen LogP contribution in [0, 0.1) is 0 Å². The van der Waals surface area contributed by atoms with Gasteiger partial charge in [0.1, 0.15) is 0 Å². The second kappa shape index (κ2) is 9.45. The molecule has 1 atom stereocenters. The number of benzene rings is 2. The molecule has 3 rings (SSSR count). The van der Waals surface area contributed by atoms with Gasteiger partial charge < -0.3 is 10.0 Å². The molecule has 0 bridgehead atoms. The number of likely N-dealkylation sites (tertiary alicyclic amines) is 1. The van der Waals surface area contributed by atoms with E-state index in [2.05, 4.69) is 12.1 Å². The third-order valence-electron chi connectivity index (χ3n) is 4.26. The topological polar surface area (TPSA) is 40.5 Å². The Morgan fingerprint density at radius 1 is 1.04 bits per heavy atom. The quantitative estimate of drug-likeness (QED) is 0.900. The van der Waals surface area contributed by atoms with E-state index in [0.29, 0.717) is 6.42 Å². The third-order valence-corrected chi connectivity index (χ3v) is 4.51. The van der Waals surface area contributed by atoms with Crippen molar-refractivity contribution in [3.63, 3.8) is 0 Å². The van der Waals surface area contributed by atoms with Crippen LogP contribution in [0.5, 0.6) is 0 Å². The molecule has 2 aromatic carbocycles. The third kappa shape index (κ3) is 4.83. The maximum absolute atomic E-state index is 12.4. The van der Waals surface area contributed by atoms with Crippen molar-refractivity contribution < 1.29 is 9.90 Å². The molecule has 24 heavy (non-hydrogen) atoms. The van der Waals surface area contributed by atoms with Gasteiger partial charge in [-0.15, -0.1) is 0 Å². The number of hydrogen-bond donors (Lipinski definition) is 1. The van der Waals surface area contributed by atoms with E-state index in [1.165, 1.54) is 11.1 Å². The second-order valence-electron chi connectivity index (χ2n) is 5.80. The van der Waals surface area contributed by atoms with E-state index < -0.39 is 0 Å². The number of rotatable bonds is 4. The van der Waals surface area contributed by atoms with Crippen LogP contribution in [0.1, 0.15) is 36.4 Å². The minimum absolute atomic E-state index is 0.107. The fourth-order valence-corrected chi connectivity index (χ4v) is 3.21. The Morgan fingerprint density at radius 2 is 1.71 bits per heavy atom. The van der Waals surface area contributed by atoms with Crippen molar-refractivity contribution in [2.75, 3.05) is 13.7 Å². The van der Waals surface area contributed by atoms with Gasteiger partial charge in [-0.05, 0) is 42.5 Å². The molecular formula is C20H24ClNO2. The molecule has 0 radical (unpaired) electrons. The van der Waals surface area contributed by atoms with Gasteiger partial charge in [-0.3, -0.25) is 4.79 Å². The summed E-state index contributed by atoms with van der Waals surface area (Å²) in [5, 5.41) is 7.74. The maximum atomic E-state index is 12.4. The normalized spacial score (nSPS) is 15.5. The number of aliphatic hydroxyl groups is 1. The molecule has 3 nitrogen and oxygen atoms in total. The Morgan fingerprint density at radius 3 is 2.33 bits per heavy atom. The van der Waals surface area contributed by atoms with Crippen LogP contribution in [0.25, 0.3) is 0 Å². The molecule has 128 valence electrons. The Bertz CT molecular complexity index is 628. The minimum Gasteiger partial charge on any atom is -0.400 e. The molecule has 1 fully saturated rings. The molecule has 1 heterocycles. The van der Waals surface area contributed by atoms with Crippen molar-refractivity contribution in [3.8, 4) is 0 Å². The summed E-state index contributed by atoms with van der Waals surface area (Å²) in [5.41, 5.74) is 2.41. The van der Waals surface area contributed by atoms with Gasteiger partial charge in [-0.2, -0.15) is 0 Å². The summed E-state index contributed by atoms with van der Waals surface area (Å²) < 4.78 is 0. The van der Waals surface area contributed by atoms with Crippen LogP contribution in [-0.2, 0) is 11.2 Å². The van der Waals surface area contributed by atoms with E-state index in [9.17, 15) is 4.79 Å². The molecule has 1 aliphatic rings. The molecule has 4 heteroatoms. The largest absolute Gasteiger partial charge is 0.400 e. The van der Waals surface area contributed by atoms with Crippen LogP contribution in [-0.4, -0.2) is 29.6 Å². The standard InChI is InChI=1S/C19H20ClNO.CH4O/c20-17-11-9-15(10-12-17)14-18(16-6-2-1-3-7-16)21-13-5-4-8-19(21)22;1-2/h1-3,6-7,9-12,18H,4-5,8,13-14H2;2H,1H3. The van der Waals surface area contributed by atoms with Crippen molar-refractivity contribution in [1.29, 1.82) is 0 Å². The SMILES string of the molecule is CO.O=C1CCCCN1C(Cc1ccc(Cl)cc1)c1ccccc1. The van der Waals surface area contributed by atoms with Crippen LogP contribution in [0.15, 0.2) is 54.6 Å². The van der Waals surface area contributed by atoms with Crippen molar-refractivity contribution in [2.24, 2.45) is 0 Å². The fourth-order valence-electron chi connectivity index (χ4n) is 3.08. The smallest absolute Gasteiger partial charge is 0.223 e. The van der Waals surface area contributed by atoms with Gasteiger partial charge in [0.2, 0.25) is 5.91 Å². The highest BCUT2D eigenvalue weighted by Gasteiger charge is 2.27. The van der Waals surface area contributed by atoms with Crippen molar-refractivity contribution in [2.45, 2.75) is 31.7 Å². The molecule has 1 aliphatic heterocycles. The minimum atomic E-state index is 0.107. The van der Waals surface area contributed by atoms with Crippen molar-refractivity contribution in [3.05, 3.63) is 70.7 Å². The summed E-state index contributed by atoms with van der Waals surface area (Å²) in [5.74, 6) is 0.272. The van der Waals surface area contributed by atoms with Crippen LogP contribution in [0.2, 0.25) is 5.02 Å². The predicted molar refractivity (Wildman–Crippen MR) is 98.0 cm³/mol. The molecule has 1 N–H and O–H groups in total. The fraction of sp³-hybridized carbons (Fsp3) is 0.350. The highest BCUT2D eigenvalue weighted by atomic mass is 35.5. The molecule has 2 aromatic rings. The van der Waals surface area contributed by atoms with Gasteiger partial charge in [-0.1, -0.05) is 54.1 Å². The summed E-state index contributed by atoms with van der Waals surface area (Å²) in [6.45, 7) is 0.853. The van der Waals surface area contributed by atoms with Crippen LogP contribution in [0.3, 0.4) is 0 Å². The van der Waals surface area contributed by atoms with Crippen molar-refractivity contribution in [1.82, 2.24) is 4.90 Å². The van der Waals surface area contributed by atoms with E-state index in [1.807, 2.05) is 47.4 Å². The Kier molecular flexibility index (Phi) is 7.29. The van der Waals surface area contributed by atoms with E-state index in [-0.39, 0.29) is 11.9 Å². The van der Waals surface area contributed by atoms with Crippen LogP contribution >= 0.6 is 11.6 Å². The number of aliphatic hydroxyl groups excluding tert-OH is 1. The summed E-state index contributed by atoms with van der Waals surface area (Å²) in [6, 6.07) is 18.4. The van der Waals surface area contributed by atoms with Crippen molar-refractivity contribution >= 4 is 17.5 Å². The molecule has 0 saturated carbocycles. The first-order chi connectivity index (χ1) is 11.7. The van der Waals surface area contributed by atoms with E-state index >= 15 is 0 Å². The first-order valence-electron chi connectivity index (χ1n) is 8.27. The molecule has 1 unspecified atom stereocenters. The molecular weight excluding hydrogens is 322 g/mol. The van der Waals surface area contributed by atoms with Gasteiger partial charge in [0.25, 0.3) is 0 Å². The monoisotopic (exact) mass is 345 g/mol. The number of amides is 1. The summed E-state index contributed by atoms with van der Waals surface area (Å²) in [6.07, 6.45) is 3.60.